The number of rotatable bonds is 4. The van der Waals surface area contributed by atoms with Gasteiger partial charge in [-0.05, 0) is 43.2 Å². The van der Waals surface area contributed by atoms with E-state index in [4.69, 9.17) is 16.3 Å². The molecule has 1 aromatic heterocycles. The van der Waals surface area contributed by atoms with Crippen molar-refractivity contribution in [1.82, 2.24) is 4.98 Å². The second-order valence-corrected chi connectivity index (χ2v) is 8.72. The fraction of sp³-hybridized carbons (Fsp3) is 0.333. The molecule has 1 fully saturated rings. The van der Waals surface area contributed by atoms with Crippen molar-refractivity contribution in [1.29, 1.82) is 0 Å². The van der Waals surface area contributed by atoms with Gasteiger partial charge in [-0.25, -0.2) is 13.4 Å². The lowest BCUT2D eigenvalue weighted by atomic mass is 9.97. The number of sulfone groups is 1. The number of carbonyl (C=O) groups excluding carboxylic acids is 1. The van der Waals surface area contributed by atoms with Crippen LogP contribution in [0.25, 0.3) is 0 Å². The molecule has 0 radical (unpaired) electrons. The molecule has 2 aromatic rings. The van der Waals surface area contributed by atoms with Gasteiger partial charge in [0, 0.05) is 25.5 Å². The summed E-state index contributed by atoms with van der Waals surface area (Å²) in [7, 11) is -3.34. The molecule has 0 bridgehead atoms. The van der Waals surface area contributed by atoms with Crippen molar-refractivity contribution >= 4 is 33.2 Å². The summed E-state index contributed by atoms with van der Waals surface area (Å²) < 4.78 is 28.6. The molecule has 8 heteroatoms. The number of benzene rings is 1. The highest BCUT2D eigenvalue weighted by molar-refractivity contribution is 7.90. The number of aromatic nitrogens is 1. The molecule has 0 N–H and O–H groups in total. The number of hydrogen-bond acceptors (Lipinski definition) is 6. The van der Waals surface area contributed by atoms with Gasteiger partial charge in [0.15, 0.2) is 9.84 Å². The predicted octanol–water partition coefficient (Wildman–Crippen LogP) is 2.96. The van der Waals surface area contributed by atoms with Crippen LogP contribution in [0.3, 0.4) is 0 Å². The monoisotopic (exact) mass is 394 g/mol. The minimum Gasteiger partial charge on any atom is -0.426 e. The first-order chi connectivity index (χ1) is 12.3. The summed E-state index contributed by atoms with van der Waals surface area (Å²) in [6.45, 7) is 1.38. The molecule has 6 nitrogen and oxygen atoms in total. The van der Waals surface area contributed by atoms with Crippen LogP contribution >= 0.6 is 11.6 Å². The highest BCUT2D eigenvalue weighted by Gasteiger charge is 2.27. The maximum absolute atomic E-state index is 12.4. The minimum atomic E-state index is -3.34. The summed E-state index contributed by atoms with van der Waals surface area (Å²) in [5, 5.41) is 0.587. The number of piperidine rings is 1. The molecular weight excluding hydrogens is 376 g/mol. The average Bonchev–Trinajstić information content (AvgIpc) is 2.62. The number of anilines is 1. The Bertz CT molecular complexity index is 892. The van der Waals surface area contributed by atoms with Crippen molar-refractivity contribution < 1.29 is 17.9 Å². The molecule has 0 saturated carbocycles. The Morgan fingerprint density at radius 3 is 2.58 bits per heavy atom. The molecule has 26 heavy (non-hydrogen) atoms. The number of esters is 1. The van der Waals surface area contributed by atoms with Crippen molar-refractivity contribution in [2.75, 3.05) is 24.2 Å². The Kier molecular flexibility index (Phi) is 5.48. The number of ether oxygens (including phenoxy) is 1. The van der Waals surface area contributed by atoms with Crippen LogP contribution in [0.2, 0.25) is 5.02 Å². The summed E-state index contributed by atoms with van der Waals surface area (Å²) in [6.07, 6.45) is 4.02. The second kappa shape index (κ2) is 7.63. The van der Waals surface area contributed by atoms with Crippen LogP contribution in [0.15, 0.2) is 47.5 Å². The van der Waals surface area contributed by atoms with Crippen molar-refractivity contribution in [3.63, 3.8) is 0 Å². The Morgan fingerprint density at radius 2 is 1.96 bits per heavy atom. The van der Waals surface area contributed by atoms with Crippen LogP contribution in [0.5, 0.6) is 5.75 Å². The van der Waals surface area contributed by atoms with Crippen LogP contribution in [-0.4, -0.2) is 38.7 Å². The van der Waals surface area contributed by atoms with Crippen molar-refractivity contribution in [3.8, 4) is 5.75 Å². The van der Waals surface area contributed by atoms with E-state index in [1.165, 1.54) is 12.1 Å². The van der Waals surface area contributed by atoms with Crippen molar-refractivity contribution in [2.45, 2.75) is 17.7 Å². The molecule has 0 amide bonds. The van der Waals surface area contributed by atoms with Crippen LogP contribution < -0.4 is 9.64 Å². The zero-order valence-electron chi connectivity index (χ0n) is 14.3. The molecule has 0 atom stereocenters. The molecule has 1 aliphatic rings. The largest absolute Gasteiger partial charge is 0.426 e. The maximum atomic E-state index is 12.4. The van der Waals surface area contributed by atoms with E-state index in [0.29, 0.717) is 31.0 Å². The summed E-state index contributed by atoms with van der Waals surface area (Å²) in [4.78, 5) is 18.9. The van der Waals surface area contributed by atoms with E-state index >= 15 is 0 Å². The van der Waals surface area contributed by atoms with Gasteiger partial charge in [-0.2, -0.15) is 0 Å². The average molecular weight is 395 g/mol. The van der Waals surface area contributed by atoms with E-state index in [0.717, 1.165) is 12.1 Å². The van der Waals surface area contributed by atoms with Crippen molar-refractivity contribution in [3.05, 3.63) is 47.6 Å². The topological polar surface area (TPSA) is 76.6 Å². The molecule has 1 aromatic carbocycles. The summed E-state index contributed by atoms with van der Waals surface area (Å²) in [5.41, 5.74) is 0. The number of pyridine rings is 1. The van der Waals surface area contributed by atoms with Gasteiger partial charge >= 0.3 is 5.97 Å². The third kappa shape index (κ3) is 4.53. The molecule has 3 rings (SSSR count). The smallest absolute Gasteiger partial charge is 0.314 e. The Balaban J connectivity index is 1.59. The zero-order valence-corrected chi connectivity index (χ0v) is 15.8. The van der Waals surface area contributed by atoms with E-state index in [1.54, 1.807) is 24.4 Å². The predicted molar refractivity (Wildman–Crippen MR) is 99.4 cm³/mol. The quantitative estimate of drug-likeness (QED) is 0.586. The number of nitrogens with zero attached hydrogens (tertiary/aromatic N) is 2. The van der Waals surface area contributed by atoms with Crippen LogP contribution in [0.1, 0.15) is 12.8 Å². The van der Waals surface area contributed by atoms with E-state index in [2.05, 4.69) is 9.88 Å². The first-order valence-electron chi connectivity index (χ1n) is 8.21. The zero-order chi connectivity index (χ0) is 18.7. The van der Waals surface area contributed by atoms with Gasteiger partial charge in [-0.3, -0.25) is 4.79 Å². The van der Waals surface area contributed by atoms with E-state index in [1.807, 2.05) is 6.07 Å². The lowest BCUT2D eigenvalue weighted by molar-refractivity contribution is -0.139. The highest BCUT2D eigenvalue weighted by atomic mass is 35.5. The molecule has 2 heterocycles. The normalized spacial score (nSPS) is 15.7. The molecule has 0 aliphatic carbocycles. The second-order valence-electron chi connectivity index (χ2n) is 6.26. The van der Waals surface area contributed by atoms with Crippen molar-refractivity contribution in [2.24, 2.45) is 5.92 Å². The van der Waals surface area contributed by atoms with Crippen LogP contribution in [-0.2, 0) is 14.6 Å². The van der Waals surface area contributed by atoms with Gasteiger partial charge in [0.2, 0.25) is 0 Å². The SMILES string of the molecule is CS(=O)(=O)c1cccc(OC(=O)C2CCN(c3ccc(Cl)cn3)CC2)c1. The Labute approximate surface area is 157 Å². The Morgan fingerprint density at radius 1 is 1.23 bits per heavy atom. The lowest BCUT2D eigenvalue weighted by Crippen LogP contribution is -2.38. The van der Waals surface area contributed by atoms with E-state index in [-0.39, 0.29) is 22.5 Å². The molecule has 0 unspecified atom stereocenters. The summed E-state index contributed by atoms with van der Waals surface area (Å²) in [5.74, 6) is 0.529. The van der Waals surface area contributed by atoms with E-state index in [9.17, 15) is 13.2 Å². The number of halogens is 1. The fourth-order valence-corrected chi connectivity index (χ4v) is 3.63. The third-order valence-corrected chi connectivity index (χ3v) is 5.65. The molecule has 1 aliphatic heterocycles. The van der Waals surface area contributed by atoms with Gasteiger partial charge in [-0.1, -0.05) is 17.7 Å². The summed E-state index contributed by atoms with van der Waals surface area (Å²) >= 11 is 5.85. The van der Waals surface area contributed by atoms with Gasteiger partial charge in [0.05, 0.1) is 15.8 Å². The molecule has 138 valence electrons. The Hall–Kier alpha value is -2.12. The van der Waals surface area contributed by atoms with Gasteiger partial charge in [0.1, 0.15) is 11.6 Å². The van der Waals surface area contributed by atoms with Gasteiger partial charge < -0.3 is 9.64 Å². The maximum Gasteiger partial charge on any atom is 0.314 e. The highest BCUT2D eigenvalue weighted by Crippen LogP contribution is 2.25. The van der Waals surface area contributed by atoms with Gasteiger partial charge in [-0.15, -0.1) is 0 Å². The lowest BCUT2D eigenvalue weighted by Gasteiger charge is -2.31. The van der Waals surface area contributed by atoms with E-state index < -0.39 is 9.84 Å². The van der Waals surface area contributed by atoms with Crippen LogP contribution in [0.4, 0.5) is 5.82 Å². The molecular formula is C18H19ClN2O4S. The summed E-state index contributed by atoms with van der Waals surface area (Å²) in [6, 6.07) is 9.65. The standard InChI is InChI=1S/C18H19ClN2O4S/c1-26(23,24)16-4-2-3-15(11-16)25-18(22)13-7-9-21(10-8-13)17-6-5-14(19)12-20-17/h2-6,11-13H,7-10H2,1H3. The molecule has 0 spiro atoms. The minimum absolute atomic E-state index is 0.131. The fourth-order valence-electron chi connectivity index (χ4n) is 2.87. The first-order valence-corrected chi connectivity index (χ1v) is 10.5. The van der Waals surface area contributed by atoms with Gasteiger partial charge in [0.25, 0.3) is 0 Å². The third-order valence-electron chi connectivity index (χ3n) is 4.32. The van der Waals surface area contributed by atoms with Crippen LogP contribution in [0, 0.1) is 5.92 Å². The first kappa shape index (κ1) is 18.7. The molecule has 1 saturated heterocycles. The number of hydrogen-bond donors (Lipinski definition) is 0. The number of carbonyl (C=O) groups is 1.